The normalized spacial score (nSPS) is 12.8. The molecular formula is C4H9NO3. The zero-order valence-electron chi connectivity index (χ0n) is 4.59. The number of aliphatic hydroxyl groups excluding tert-OH is 1. The van der Waals surface area contributed by atoms with E-state index in [-0.39, 0.29) is 12.6 Å². The maximum atomic E-state index is 9.75. The second kappa shape index (κ2) is 3.26. The van der Waals surface area contributed by atoms with Crippen molar-refractivity contribution in [2.24, 2.45) is 0 Å². The summed E-state index contributed by atoms with van der Waals surface area (Å²) in [7, 11) is 0. The summed E-state index contributed by atoms with van der Waals surface area (Å²) in [5.41, 5.74) is 0. The van der Waals surface area contributed by atoms with Gasteiger partial charge in [-0.1, -0.05) is 0 Å². The highest BCUT2D eigenvalue weighted by molar-refractivity contribution is 5.64. The molecule has 0 saturated heterocycles. The van der Waals surface area contributed by atoms with Crippen molar-refractivity contribution in [1.29, 1.82) is 0 Å². The maximum absolute atomic E-state index is 9.75. The van der Waals surface area contributed by atoms with Gasteiger partial charge in [0.1, 0.15) is 0 Å². The Morgan fingerprint density at radius 3 is 2.50 bits per heavy atom. The minimum Gasteiger partial charge on any atom is -0.465 e. The lowest BCUT2D eigenvalue weighted by atomic mass is 10.4. The van der Waals surface area contributed by atoms with Crippen LogP contribution >= 0.6 is 0 Å². The molecule has 0 unspecified atom stereocenters. The van der Waals surface area contributed by atoms with Gasteiger partial charge < -0.3 is 15.5 Å². The Morgan fingerprint density at radius 2 is 2.38 bits per heavy atom. The first kappa shape index (κ1) is 7.23. The highest BCUT2D eigenvalue weighted by Gasteiger charge is 2.00. The van der Waals surface area contributed by atoms with Crippen molar-refractivity contribution >= 4 is 6.09 Å². The van der Waals surface area contributed by atoms with Crippen LogP contribution in [0, 0.1) is 0 Å². The molecule has 4 nitrogen and oxygen atoms in total. The van der Waals surface area contributed by atoms with E-state index in [2.05, 4.69) is 5.32 Å². The van der Waals surface area contributed by atoms with E-state index in [4.69, 9.17) is 10.2 Å². The largest absolute Gasteiger partial charge is 0.465 e. The first-order valence-corrected chi connectivity index (χ1v) is 2.27. The minimum atomic E-state index is -1.11. The van der Waals surface area contributed by atoms with Crippen LogP contribution in [0.4, 0.5) is 4.79 Å². The van der Waals surface area contributed by atoms with Gasteiger partial charge in [-0.15, -0.1) is 0 Å². The van der Waals surface area contributed by atoms with Crippen LogP contribution in [-0.2, 0) is 0 Å². The van der Waals surface area contributed by atoms with E-state index in [9.17, 15) is 4.79 Å². The fourth-order valence-electron chi connectivity index (χ4n) is 0.256. The summed E-state index contributed by atoms with van der Waals surface area (Å²) < 4.78 is 0. The van der Waals surface area contributed by atoms with Gasteiger partial charge in [0.25, 0.3) is 0 Å². The first-order chi connectivity index (χ1) is 3.66. The lowest BCUT2D eigenvalue weighted by molar-refractivity contribution is 0.180. The van der Waals surface area contributed by atoms with Crippen molar-refractivity contribution in [2.45, 2.75) is 13.0 Å². The van der Waals surface area contributed by atoms with Gasteiger partial charge >= 0.3 is 6.09 Å². The molecule has 0 aliphatic carbocycles. The van der Waals surface area contributed by atoms with Gasteiger partial charge in [-0.2, -0.15) is 0 Å². The summed E-state index contributed by atoms with van der Waals surface area (Å²) >= 11 is 0. The molecule has 1 amide bonds. The highest BCUT2D eigenvalue weighted by atomic mass is 16.4. The highest BCUT2D eigenvalue weighted by Crippen LogP contribution is 1.75. The molecule has 4 heteroatoms. The van der Waals surface area contributed by atoms with Crippen molar-refractivity contribution in [3.63, 3.8) is 0 Å². The average molecular weight is 119 g/mol. The molecule has 1 atom stereocenters. The monoisotopic (exact) mass is 119 g/mol. The summed E-state index contributed by atoms with van der Waals surface area (Å²) in [6.45, 7) is 1.42. The molecule has 0 aromatic carbocycles. The lowest BCUT2D eigenvalue weighted by Gasteiger charge is -2.04. The van der Waals surface area contributed by atoms with Gasteiger partial charge in [0.2, 0.25) is 0 Å². The van der Waals surface area contributed by atoms with Crippen molar-refractivity contribution in [2.75, 3.05) is 6.61 Å². The predicted molar refractivity (Wildman–Crippen MR) is 27.7 cm³/mol. The quantitative estimate of drug-likeness (QED) is 0.464. The van der Waals surface area contributed by atoms with Crippen LogP contribution in [0.25, 0.3) is 0 Å². The second-order valence-corrected chi connectivity index (χ2v) is 1.53. The van der Waals surface area contributed by atoms with Gasteiger partial charge in [0, 0.05) is 0 Å². The molecule has 8 heavy (non-hydrogen) atoms. The summed E-state index contributed by atoms with van der Waals surface area (Å²) in [6.07, 6.45) is -1.11. The number of rotatable bonds is 2. The van der Waals surface area contributed by atoms with Crippen LogP contribution in [-0.4, -0.2) is 29.0 Å². The van der Waals surface area contributed by atoms with E-state index < -0.39 is 6.09 Å². The summed E-state index contributed by atoms with van der Waals surface area (Å²) in [5, 5.41) is 18.3. The molecule has 0 rings (SSSR count). The zero-order valence-corrected chi connectivity index (χ0v) is 4.59. The predicted octanol–water partition coefficient (Wildman–Crippen LogP) is -0.365. The summed E-state index contributed by atoms with van der Waals surface area (Å²) in [5.74, 6) is 0. The van der Waals surface area contributed by atoms with E-state index in [0.717, 1.165) is 0 Å². The molecule has 3 N–H and O–H groups in total. The number of nitrogens with one attached hydrogen (secondary N) is 1. The van der Waals surface area contributed by atoms with Crippen LogP contribution < -0.4 is 5.32 Å². The molecule has 48 valence electrons. The smallest absolute Gasteiger partial charge is 0.404 e. The topological polar surface area (TPSA) is 69.6 Å². The molecule has 0 aromatic rings. The molecule has 0 heterocycles. The summed E-state index contributed by atoms with van der Waals surface area (Å²) in [6, 6.07) is -0.368. The third kappa shape index (κ3) is 3.42. The Labute approximate surface area is 47.1 Å². The number of hydrogen-bond donors (Lipinski definition) is 3. The molecule has 0 bridgehead atoms. The third-order valence-corrected chi connectivity index (χ3v) is 0.644. The Kier molecular flexibility index (Phi) is 2.95. The fourth-order valence-corrected chi connectivity index (χ4v) is 0.256. The van der Waals surface area contributed by atoms with Crippen LogP contribution in [0.1, 0.15) is 6.92 Å². The molecular weight excluding hydrogens is 110 g/mol. The van der Waals surface area contributed by atoms with Crippen molar-refractivity contribution < 1.29 is 15.0 Å². The van der Waals surface area contributed by atoms with Crippen molar-refractivity contribution in [1.82, 2.24) is 5.32 Å². The van der Waals surface area contributed by atoms with Crippen LogP contribution in [0.15, 0.2) is 0 Å². The SMILES string of the molecule is C[C@@H](CO)NC(=O)O. The molecule has 0 spiro atoms. The number of carbonyl (C=O) groups is 1. The number of amides is 1. The van der Waals surface area contributed by atoms with E-state index in [0.29, 0.717) is 0 Å². The number of hydrogen-bond acceptors (Lipinski definition) is 2. The van der Waals surface area contributed by atoms with Crippen LogP contribution in [0.5, 0.6) is 0 Å². The van der Waals surface area contributed by atoms with E-state index >= 15 is 0 Å². The van der Waals surface area contributed by atoms with Gasteiger partial charge in [0.05, 0.1) is 12.6 Å². The Morgan fingerprint density at radius 1 is 1.88 bits per heavy atom. The average Bonchev–Trinajstić information content (AvgIpc) is 1.65. The molecule has 0 aliphatic heterocycles. The Bertz CT molecular complexity index is 83.4. The molecule has 0 fully saturated rings. The number of aliphatic hydroxyl groups is 1. The Balaban J connectivity index is 3.24. The van der Waals surface area contributed by atoms with Gasteiger partial charge in [-0.3, -0.25) is 0 Å². The van der Waals surface area contributed by atoms with E-state index in [1.54, 1.807) is 6.92 Å². The molecule has 0 saturated carbocycles. The minimum absolute atomic E-state index is 0.160. The van der Waals surface area contributed by atoms with E-state index in [1.165, 1.54) is 0 Å². The summed E-state index contributed by atoms with van der Waals surface area (Å²) in [4.78, 5) is 9.75. The van der Waals surface area contributed by atoms with Crippen LogP contribution in [0.3, 0.4) is 0 Å². The molecule has 0 radical (unpaired) electrons. The maximum Gasteiger partial charge on any atom is 0.404 e. The molecule has 0 aromatic heterocycles. The number of carboxylic acid groups (broad SMARTS) is 1. The molecule has 0 aliphatic rings. The van der Waals surface area contributed by atoms with E-state index in [1.807, 2.05) is 0 Å². The first-order valence-electron chi connectivity index (χ1n) is 2.27. The zero-order chi connectivity index (χ0) is 6.57. The van der Waals surface area contributed by atoms with Gasteiger partial charge in [-0.05, 0) is 6.92 Å². The van der Waals surface area contributed by atoms with Gasteiger partial charge in [0.15, 0.2) is 0 Å². The fraction of sp³-hybridized carbons (Fsp3) is 0.750. The Hall–Kier alpha value is -0.770. The van der Waals surface area contributed by atoms with Crippen molar-refractivity contribution in [3.05, 3.63) is 0 Å². The van der Waals surface area contributed by atoms with Gasteiger partial charge in [-0.25, -0.2) is 4.79 Å². The second-order valence-electron chi connectivity index (χ2n) is 1.53. The van der Waals surface area contributed by atoms with Crippen molar-refractivity contribution in [3.8, 4) is 0 Å². The lowest BCUT2D eigenvalue weighted by Crippen LogP contribution is -2.33. The third-order valence-electron chi connectivity index (χ3n) is 0.644. The van der Waals surface area contributed by atoms with Crippen LogP contribution in [0.2, 0.25) is 0 Å². The standard InChI is InChI=1S/C4H9NO3/c1-3(2-6)5-4(7)8/h3,5-6H,2H2,1H3,(H,7,8)/t3-/m0/s1.